The van der Waals surface area contributed by atoms with E-state index in [0.29, 0.717) is 17.6 Å². The molecule has 1 amide bonds. The van der Waals surface area contributed by atoms with Crippen LogP contribution < -0.4 is 5.32 Å². The Kier molecular flexibility index (Phi) is 3.33. The van der Waals surface area contributed by atoms with Crippen LogP contribution in [0.3, 0.4) is 0 Å². The van der Waals surface area contributed by atoms with Gasteiger partial charge in [-0.1, -0.05) is 0 Å². The van der Waals surface area contributed by atoms with E-state index in [1.807, 2.05) is 19.9 Å². The lowest BCUT2D eigenvalue weighted by Crippen LogP contribution is -2.45. The molecular formula is C16H21N5O2. The fraction of sp³-hybridized carbons (Fsp3) is 0.625. The van der Waals surface area contributed by atoms with Gasteiger partial charge in [0, 0.05) is 30.0 Å². The molecule has 0 spiro atoms. The number of carbonyl (C=O) groups is 1. The van der Waals surface area contributed by atoms with E-state index >= 15 is 0 Å². The van der Waals surface area contributed by atoms with Crippen LogP contribution in [-0.4, -0.2) is 43.2 Å². The van der Waals surface area contributed by atoms with E-state index in [4.69, 9.17) is 0 Å². The van der Waals surface area contributed by atoms with Crippen molar-refractivity contribution in [1.82, 2.24) is 24.9 Å². The molecule has 4 unspecified atom stereocenters. The summed E-state index contributed by atoms with van der Waals surface area (Å²) in [7, 11) is 0. The monoisotopic (exact) mass is 315 g/mol. The van der Waals surface area contributed by atoms with Crippen LogP contribution in [0.4, 0.5) is 0 Å². The third-order valence-corrected chi connectivity index (χ3v) is 5.42. The normalized spacial score (nSPS) is 29.3. The van der Waals surface area contributed by atoms with Crippen molar-refractivity contribution in [3.8, 4) is 0 Å². The molecule has 122 valence electrons. The molecule has 2 aliphatic rings. The SMILES string of the molecule is Cc1cc(C)n2nc(C(=O)NC3C4CCC(C4)C3CO)nc2n1. The first-order valence-corrected chi connectivity index (χ1v) is 8.19. The summed E-state index contributed by atoms with van der Waals surface area (Å²) in [6, 6.07) is 1.94. The van der Waals surface area contributed by atoms with Gasteiger partial charge in [0.2, 0.25) is 5.82 Å². The predicted octanol–water partition coefficient (Wildman–Crippen LogP) is 0.878. The molecule has 2 bridgehead atoms. The van der Waals surface area contributed by atoms with Gasteiger partial charge in [-0.05, 0) is 51.0 Å². The zero-order valence-electron chi connectivity index (χ0n) is 13.4. The number of rotatable bonds is 3. The largest absolute Gasteiger partial charge is 0.396 e. The summed E-state index contributed by atoms with van der Waals surface area (Å²) in [5.41, 5.74) is 1.75. The number of aryl methyl sites for hydroxylation is 2. The van der Waals surface area contributed by atoms with Crippen LogP contribution in [0, 0.1) is 31.6 Å². The maximum atomic E-state index is 12.5. The number of hydrogen-bond donors (Lipinski definition) is 2. The Bertz CT molecular complexity index is 771. The summed E-state index contributed by atoms with van der Waals surface area (Å²) in [5.74, 6) is 1.49. The van der Waals surface area contributed by atoms with E-state index < -0.39 is 0 Å². The Balaban J connectivity index is 1.59. The highest BCUT2D eigenvalue weighted by molar-refractivity contribution is 5.91. The van der Waals surface area contributed by atoms with E-state index in [2.05, 4.69) is 20.4 Å². The molecule has 0 aromatic carbocycles. The lowest BCUT2D eigenvalue weighted by Gasteiger charge is -2.30. The molecule has 4 rings (SSSR count). The van der Waals surface area contributed by atoms with Gasteiger partial charge >= 0.3 is 0 Å². The highest BCUT2D eigenvalue weighted by Gasteiger charge is 2.47. The first-order chi connectivity index (χ1) is 11.1. The minimum atomic E-state index is -0.274. The van der Waals surface area contributed by atoms with Gasteiger partial charge in [0.15, 0.2) is 0 Å². The van der Waals surface area contributed by atoms with Gasteiger partial charge in [0.25, 0.3) is 11.7 Å². The number of aromatic nitrogens is 4. The zero-order valence-corrected chi connectivity index (χ0v) is 13.4. The summed E-state index contributed by atoms with van der Waals surface area (Å²) in [6.45, 7) is 3.93. The molecule has 2 aromatic rings. The minimum Gasteiger partial charge on any atom is -0.396 e. The average molecular weight is 315 g/mol. The second kappa shape index (κ2) is 5.26. The number of amides is 1. The summed E-state index contributed by atoms with van der Waals surface area (Å²) in [4.78, 5) is 21.1. The predicted molar refractivity (Wildman–Crippen MR) is 82.9 cm³/mol. The molecule has 0 aliphatic heterocycles. The fourth-order valence-electron chi connectivity index (χ4n) is 4.38. The molecule has 2 aromatic heterocycles. The molecular weight excluding hydrogens is 294 g/mol. The second-order valence-corrected chi connectivity index (χ2v) is 6.87. The Labute approximate surface area is 134 Å². The molecule has 4 atom stereocenters. The van der Waals surface area contributed by atoms with Crippen LogP contribution in [0.15, 0.2) is 6.07 Å². The van der Waals surface area contributed by atoms with E-state index in [9.17, 15) is 9.90 Å². The Morgan fingerprint density at radius 1 is 1.35 bits per heavy atom. The first-order valence-electron chi connectivity index (χ1n) is 8.19. The number of carbonyl (C=O) groups excluding carboxylic acids is 1. The molecule has 2 fully saturated rings. The van der Waals surface area contributed by atoms with E-state index in [0.717, 1.165) is 30.7 Å². The molecule has 0 radical (unpaired) electrons. The van der Waals surface area contributed by atoms with Crippen molar-refractivity contribution < 1.29 is 9.90 Å². The Hall–Kier alpha value is -2.02. The van der Waals surface area contributed by atoms with Crippen LogP contribution in [-0.2, 0) is 0 Å². The fourth-order valence-corrected chi connectivity index (χ4v) is 4.38. The third kappa shape index (κ3) is 2.30. The molecule has 2 N–H and O–H groups in total. The first kappa shape index (κ1) is 14.6. The number of fused-ring (bicyclic) bond motifs is 3. The van der Waals surface area contributed by atoms with Crippen LogP contribution in [0.2, 0.25) is 0 Å². The van der Waals surface area contributed by atoms with E-state index in [1.54, 1.807) is 4.52 Å². The standard InChI is InChI=1S/C16H21N5O2/c1-8-5-9(2)21-16(17-8)19-14(20-21)15(23)18-13-11-4-3-10(6-11)12(13)7-22/h5,10-13,22H,3-4,6-7H2,1-2H3,(H,18,23). The lowest BCUT2D eigenvalue weighted by molar-refractivity contribution is 0.0851. The maximum Gasteiger partial charge on any atom is 0.291 e. The van der Waals surface area contributed by atoms with E-state index in [-0.39, 0.29) is 30.3 Å². The quantitative estimate of drug-likeness (QED) is 0.877. The topological polar surface area (TPSA) is 92.4 Å². The number of nitrogens with one attached hydrogen (secondary N) is 1. The highest BCUT2D eigenvalue weighted by atomic mass is 16.3. The molecule has 2 saturated carbocycles. The highest BCUT2D eigenvalue weighted by Crippen LogP contribution is 2.48. The van der Waals surface area contributed by atoms with Crippen molar-refractivity contribution in [3.05, 3.63) is 23.3 Å². The number of aliphatic hydroxyl groups excluding tert-OH is 1. The third-order valence-electron chi connectivity index (χ3n) is 5.42. The van der Waals surface area contributed by atoms with Crippen molar-refractivity contribution in [2.24, 2.45) is 17.8 Å². The minimum absolute atomic E-state index is 0.0358. The Morgan fingerprint density at radius 2 is 2.13 bits per heavy atom. The number of nitrogens with zero attached hydrogens (tertiary/aromatic N) is 4. The molecule has 23 heavy (non-hydrogen) atoms. The number of aliphatic hydroxyl groups is 1. The van der Waals surface area contributed by atoms with Crippen molar-refractivity contribution in [1.29, 1.82) is 0 Å². The summed E-state index contributed by atoms with van der Waals surface area (Å²) in [6.07, 6.45) is 3.40. The van der Waals surface area contributed by atoms with Gasteiger partial charge in [0.1, 0.15) is 0 Å². The van der Waals surface area contributed by atoms with Gasteiger partial charge in [-0.3, -0.25) is 4.79 Å². The summed E-state index contributed by atoms with van der Waals surface area (Å²) < 4.78 is 1.59. The van der Waals surface area contributed by atoms with Crippen molar-refractivity contribution in [2.45, 2.75) is 39.2 Å². The van der Waals surface area contributed by atoms with Gasteiger partial charge in [0.05, 0.1) is 0 Å². The van der Waals surface area contributed by atoms with Gasteiger partial charge < -0.3 is 10.4 Å². The smallest absolute Gasteiger partial charge is 0.291 e. The Morgan fingerprint density at radius 3 is 2.91 bits per heavy atom. The van der Waals surface area contributed by atoms with Crippen molar-refractivity contribution in [2.75, 3.05) is 6.61 Å². The number of hydrogen-bond acceptors (Lipinski definition) is 5. The van der Waals surface area contributed by atoms with Crippen molar-refractivity contribution in [3.63, 3.8) is 0 Å². The van der Waals surface area contributed by atoms with Gasteiger partial charge in [-0.25, -0.2) is 9.50 Å². The maximum absolute atomic E-state index is 12.5. The van der Waals surface area contributed by atoms with Crippen molar-refractivity contribution >= 4 is 11.7 Å². The summed E-state index contributed by atoms with van der Waals surface area (Å²) >= 11 is 0. The van der Waals surface area contributed by atoms with Crippen LogP contribution in [0.25, 0.3) is 5.78 Å². The molecule has 2 aliphatic carbocycles. The van der Waals surface area contributed by atoms with Gasteiger partial charge in [-0.15, -0.1) is 5.10 Å². The lowest BCUT2D eigenvalue weighted by atomic mass is 9.85. The molecule has 2 heterocycles. The summed E-state index contributed by atoms with van der Waals surface area (Å²) in [5, 5.41) is 17.0. The van der Waals surface area contributed by atoms with Crippen LogP contribution in [0.1, 0.15) is 41.3 Å². The second-order valence-electron chi connectivity index (χ2n) is 6.87. The van der Waals surface area contributed by atoms with Gasteiger partial charge in [-0.2, -0.15) is 4.98 Å². The molecule has 0 saturated heterocycles. The zero-order chi connectivity index (χ0) is 16.1. The van der Waals surface area contributed by atoms with Crippen LogP contribution in [0.5, 0.6) is 0 Å². The average Bonchev–Trinajstić information content (AvgIpc) is 3.20. The van der Waals surface area contributed by atoms with Crippen LogP contribution >= 0.6 is 0 Å². The van der Waals surface area contributed by atoms with E-state index in [1.165, 1.54) is 0 Å². The molecule has 7 nitrogen and oxygen atoms in total. The molecule has 7 heteroatoms.